The SMILES string of the molecule is O=C(O)/C=C/c1cccc(NC(=O)c2cccc(-c3cccc(Cl)c3)n2)c1. The third kappa shape index (κ3) is 5.03. The van der Waals surface area contributed by atoms with Gasteiger partial charge in [0, 0.05) is 22.3 Å². The molecule has 0 aliphatic heterocycles. The monoisotopic (exact) mass is 378 g/mol. The Bertz CT molecular complexity index is 1030. The molecule has 0 unspecified atom stereocenters. The number of hydrogen-bond acceptors (Lipinski definition) is 3. The number of carboxylic acid groups (broad SMARTS) is 1. The molecule has 5 nitrogen and oxygen atoms in total. The fourth-order valence-electron chi connectivity index (χ4n) is 2.45. The molecule has 2 aromatic carbocycles. The fourth-order valence-corrected chi connectivity index (χ4v) is 2.64. The second-order valence-corrected chi connectivity index (χ2v) is 6.11. The van der Waals surface area contributed by atoms with E-state index < -0.39 is 5.97 Å². The van der Waals surface area contributed by atoms with Gasteiger partial charge in [-0.2, -0.15) is 0 Å². The summed E-state index contributed by atoms with van der Waals surface area (Å²) in [5.41, 5.74) is 2.93. The molecule has 1 heterocycles. The van der Waals surface area contributed by atoms with Crippen LogP contribution in [0.4, 0.5) is 5.69 Å². The molecular weight excluding hydrogens is 364 g/mol. The number of rotatable bonds is 5. The van der Waals surface area contributed by atoms with Gasteiger partial charge in [0.05, 0.1) is 5.69 Å². The lowest BCUT2D eigenvalue weighted by Crippen LogP contribution is -2.13. The van der Waals surface area contributed by atoms with Gasteiger partial charge in [0.2, 0.25) is 0 Å². The number of halogens is 1. The Labute approximate surface area is 161 Å². The molecule has 3 rings (SSSR count). The highest BCUT2D eigenvalue weighted by molar-refractivity contribution is 6.30. The maximum Gasteiger partial charge on any atom is 0.328 e. The van der Waals surface area contributed by atoms with Gasteiger partial charge in [0.1, 0.15) is 5.69 Å². The van der Waals surface area contributed by atoms with Gasteiger partial charge in [-0.3, -0.25) is 4.79 Å². The van der Waals surface area contributed by atoms with Crippen LogP contribution in [-0.2, 0) is 4.79 Å². The first-order chi connectivity index (χ1) is 13.0. The summed E-state index contributed by atoms with van der Waals surface area (Å²) < 4.78 is 0. The zero-order valence-corrected chi connectivity index (χ0v) is 14.9. The zero-order valence-electron chi connectivity index (χ0n) is 14.1. The first-order valence-corrected chi connectivity index (χ1v) is 8.44. The Kier molecular flexibility index (Phi) is 5.64. The highest BCUT2D eigenvalue weighted by atomic mass is 35.5. The number of carbonyl (C=O) groups excluding carboxylic acids is 1. The smallest absolute Gasteiger partial charge is 0.328 e. The van der Waals surface area contributed by atoms with E-state index in [9.17, 15) is 9.59 Å². The fraction of sp³-hybridized carbons (Fsp3) is 0. The second kappa shape index (κ2) is 8.29. The molecule has 3 aromatic rings. The van der Waals surface area contributed by atoms with Crippen LogP contribution >= 0.6 is 11.6 Å². The quantitative estimate of drug-likeness (QED) is 0.628. The van der Waals surface area contributed by atoms with Crippen LogP contribution in [0.3, 0.4) is 0 Å². The third-order valence-corrected chi connectivity index (χ3v) is 3.90. The van der Waals surface area contributed by atoms with E-state index in [-0.39, 0.29) is 11.6 Å². The van der Waals surface area contributed by atoms with Crippen molar-refractivity contribution in [1.29, 1.82) is 0 Å². The number of anilines is 1. The molecule has 134 valence electrons. The lowest BCUT2D eigenvalue weighted by molar-refractivity contribution is -0.131. The Morgan fingerprint density at radius 3 is 2.56 bits per heavy atom. The number of nitrogens with one attached hydrogen (secondary N) is 1. The molecule has 0 radical (unpaired) electrons. The first-order valence-electron chi connectivity index (χ1n) is 8.07. The highest BCUT2D eigenvalue weighted by Gasteiger charge is 2.10. The molecule has 0 aliphatic rings. The minimum Gasteiger partial charge on any atom is -0.478 e. The van der Waals surface area contributed by atoms with Gasteiger partial charge in [-0.25, -0.2) is 9.78 Å². The summed E-state index contributed by atoms with van der Waals surface area (Å²) in [7, 11) is 0. The Morgan fingerprint density at radius 1 is 1.00 bits per heavy atom. The minimum absolute atomic E-state index is 0.263. The van der Waals surface area contributed by atoms with Gasteiger partial charge < -0.3 is 10.4 Å². The van der Waals surface area contributed by atoms with Gasteiger partial charge in [-0.1, -0.05) is 41.9 Å². The molecule has 0 saturated carbocycles. The Hall–Kier alpha value is -3.44. The summed E-state index contributed by atoms with van der Waals surface area (Å²) in [5, 5.41) is 12.1. The molecule has 27 heavy (non-hydrogen) atoms. The molecule has 6 heteroatoms. The van der Waals surface area contributed by atoms with E-state index in [2.05, 4.69) is 10.3 Å². The Morgan fingerprint density at radius 2 is 1.78 bits per heavy atom. The topological polar surface area (TPSA) is 79.3 Å². The molecule has 0 fully saturated rings. The summed E-state index contributed by atoms with van der Waals surface area (Å²) in [6.45, 7) is 0. The van der Waals surface area contributed by atoms with Crippen molar-refractivity contribution in [3.8, 4) is 11.3 Å². The van der Waals surface area contributed by atoms with E-state index in [4.69, 9.17) is 16.7 Å². The maximum atomic E-state index is 12.5. The van der Waals surface area contributed by atoms with Crippen molar-refractivity contribution in [1.82, 2.24) is 4.98 Å². The first kappa shape index (κ1) is 18.4. The van der Waals surface area contributed by atoms with E-state index >= 15 is 0 Å². The van der Waals surface area contributed by atoms with Gasteiger partial charge in [0.25, 0.3) is 5.91 Å². The van der Waals surface area contributed by atoms with Crippen LogP contribution in [0, 0.1) is 0 Å². The standard InChI is InChI=1S/C21H15ClN2O3/c22-16-6-2-5-15(13-16)18-8-3-9-19(24-18)21(27)23-17-7-1-4-14(12-17)10-11-20(25)26/h1-13H,(H,23,27)(H,25,26)/b11-10+. The predicted octanol–water partition coefficient (Wildman–Crippen LogP) is 4.75. The van der Waals surface area contributed by atoms with E-state index in [0.29, 0.717) is 22.0 Å². The van der Waals surface area contributed by atoms with Crippen molar-refractivity contribution < 1.29 is 14.7 Å². The van der Waals surface area contributed by atoms with Crippen molar-refractivity contribution in [3.63, 3.8) is 0 Å². The van der Waals surface area contributed by atoms with E-state index in [1.165, 1.54) is 6.08 Å². The molecule has 1 aromatic heterocycles. The number of hydrogen-bond donors (Lipinski definition) is 2. The summed E-state index contributed by atoms with van der Waals surface area (Å²) in [4.78, 5) is 27.5. The molecule has 2 N–H and O–H groups in total. The molecule has 0 atom stereocenters. The molecule has 0 aliphatic carbocycles. The molecule has 0 saturated heterocycles. The second-order valence-electron chi connectivity index (χ2n) is 5.67. The van der Waals surface area contributed by atoms with Crippen LogP contribution in [0.5, 0.6) is 0 Å². The molecule has 1 amide bonds. The van der Waals surface area contributed by atoms with E-state index in [1.807, 2.05) is 12.1 Å². The lowest BCUT2D eigenvalue weighted by Gasteiger charge is -2.07. The predicted molar refractivity (Wildman–Crippen MR) is 106 cm³/mol. The van der Waals surface area contributed by atoms with Crippen LogP contribution in [0.1, 0.15) is 16.1 Å². The van der Waals surface area contributed by atoms with E-state index in [1.54, 1.807) is 54.6 Å². The third-order valence-electron chi connectivity index (χ3n) is 3.66. The van der Waals surface area contributed by atoms with Gasteiger partial charge in [-0.15, -0.1) is 0 Å². The van der Waals surface area contributed by atoms with Crippen molar-refractivity contribution in [3.05, 3.63) is 89.1 Å². The molecule has 0 spiro atoms. The van der Waals surface area contributed by atoms with Crippen molar-refractivity contribution in [2.45, 2.75) is 0 Å². The van der Waals surface area contributed by atoms with Gasteiger partial charge in [0.15, 0.2) is 0 Å². The number of pyridine rings is 1. The average molecular weight is 379 g/mol. The maximum absolute atomic E-state index is 12.5. The van der Waals surface area contributed by atoms with Crippen LogP contribution in [0.25, 0.3) is 17.3 Å². The summed E-state index contributed by atoms with van der Waals surface area (Å²) >= 11 is 6.02. The van der Waals surface area contributed by atoms with Crippen LogP contribution < -0.4 is 5.32 Å². The average Bonchev–Trinajstić information content (AvgIpc) is 2.67. The lowest BCUT2D eigenvalue weighted by atomic mass is 10.1. The number of carboxylic acids is 1. The Balaban J connectivity index is 1.80. The highest BCUT2D eigenvalue weighted by Crippen LogP contribution is 2.21. The largest absolute Gasteiger partial charge is 0.478 e. The number of nitrogens with zero attached hydrogens (tertiary/aromatic N) is 1. The zero-order chi connectivity index (χ0) is 19.2. The van der Waals surface area contributed by atoms with Crippen LogP contribution in [0.15, 0.2) is 72.8 Å². The molecular formula is C21H15ClN2O3. The molecule has 0 bridgehead atoms. The number of aliphatic carboxylic acids is 1. The van der Waals surface area contributed by atoms with Crippen LogP contribution in [-0.4, -0.2) is 22.0 Å². The summed E-state index contributed by atoms with van der Waals surface area (Å²) in [6, 6.07) is 19.3. The summed E-state index contributed by atoms with van der Waals surface area (Å²) in [5.74, 6) is -1.40. The van der Waals surface area contributed by atoms with Crippen LogP contribution in [0.2, 0.25) is 5.02 Å². The number of amides is 1. The van der Waals surface area contributed by atoms with Crippen molar-refractivity contribution in [2.24, 2.45) is 0 Å². The normalized spacial score (nSPS) is 10.7. The summed E-state index contributed by atoms with van der Waals surface area (Å²) in [6.07, 6.45) is 2.49. The number of carbonyl (C=O) groups is 2. The number of benzene rings is 2. The van der Waals surface area contributed by atoms with Crippen molar-refractivity contribution >= 4 is 35.2 Å². The minimum atomic E-state index is -1.04. The number of aromatic nitrogens is 1. The van der Waals surface area contributed by atoms with Gasteiger partial charge >= 0.3 is 5.97 Å². The van der Waals surface area contributed by atoms with Crippen molar-refractivity contribution in [2.75, 3.05) is 5.32 Å². The van der Waals surface area contributed by atoms with E-state index in [0.717, 1.165) is 11.6 Å². The van der Waals surface area contributed by atoms with Gasteiger partial charge in [-0.05, 0) is 48.0 Å².